The summed E-state index contributed by atoms with van der Waals surface area (Å²) in [4.78, 5) is 12.5. The van der Waals surface area contributed by atoms with E-state index in [2.05, 4.69) is 0 Å². The molecule has 0 radical (unpaired) electrons. The Morgan fingerprint density at radius 3 is 2.65 bits per heavy atom. The van der Waals surface area contributed by atoms with Crippen LogP contribution in [0.1, 0.15) is 44.6 Å². The lowest BCUT2D eigenvalue weighted by molar-refractivity contribution is 0.0663. The van der Waals surface area contributed by atoms with Crippen molar-refractivity contribution in [3.05, 3.63) is 45.3 Å². The van der Waals surface area contributed by atoms with E-state index in [-0.39, 0.29) is 16.6 Å². The number of hydrogen-bond acceptors (Lipinski definition) is 5. The van der Waals surface area contributed by atoms with Gasteiger partial charge in [-0.1, -0.05) is 6.08 Å². The van der Waals surface area contributed by atoms with Gasteiger partial charge in [0.05, 0.1) is 16.7 Å². The Morgan fingerprint density at radius 2 is 2.00 bits per heavy atom. The molecule has 0 amide bonds. The molecule has 0 fully saturated rings. The number of aryl methyl sites for hydroxylation is 1. The lowest BCUT2D eigenvalue weighted by Gasteiger charge is -2.30. The summed E-state index contributed by atoms with van der Waals surface area (Å²) >= 11 is 0. The van der Waals surface area contributed by atoms with Gasteiger partial charge < -0.3 is 19.0 Å². The highest BCUT2D eigenvalue weighted by atomic mass is 16.5. The van der Waals surface area contributed by atoms with Crippen molar-refractivity contribution in [2.24, 2.45) is 0 Å². The normalized spacial score (nSPS) is 16.1. The molecule has 5 heteroatoms. The van der Waals surface area contributed by atoms with Crippen LogP contribution in [0.15, 0.2) is 27.4 Å². The molecule has 3 rings (SSSR count). The second-order valence-corrected chi connectivity index (χ2v) is 7.61. The van der Waals surface area contributed by atoms with E-state index >= 15 is 0 Å². The van der Waals surface area contributed by atoms with E-state index < -0.39 is 11.2 Å². The van der Waals surface area contributed by atoms with Crippen LogP contribution in [0, 0.1) is 6.92 Å². The number of phenolic OH excluding ortho intramolecular Hbond substituents is 1. The number of ether oxygens (including phenoxy) is 2. The molecule has 0 aliphatic carbocycles. The van der Waals surface area contributed by atoms with Crippen molar-refractivity contribution in [1.82, 2.24) is 0 Å². The summed E-state index contributed by atoms with van der Waals surface area (Å²) in [6.07, 6.45) is 7.33. The standard InChI is InChI=1S/C21H24O5/c1-12-11-15(22)16-17(23)13-7-10-21(4,5)26-18(13)14(19(16)25-12)8-9-20(2,3)24-6/h7-11,23H,1-6H3. The Kier molecular flexibility index (Phi) is 4.23. The van der Waals surface area contributed by atoms with E-state index in [4.69, 9.17) is 13.9 Å². The summed E-state index contributed by atoms with van der Waals surface area (Å²) in [6.45, 7) is 9.39. The Hall–Kier alpha value is -2.53. The molecule has 2 aromatic rings. The molecule has 138 valence electrons. The molecule has 0 bridgehead atoms. The number of aromatic hydroxyl groups is 1. The molecule has 0 saturated heterocycles. The molecule has 1 aliphatic rings. The smallest absolute Gasteiger partial charge is 0.196 e. The first-order valence-electron chi connectivity index (χ1n) is 8.51. The Bertz CT molecular complexity index is 990. The first-order valence-corrected chi connectivity index (χ1v) is 8.51. The second-order valence-electron chi connectivity index (χ2n) is 7.61. The van der Waals surface area contributed by atoms with Gasteiger partial charge in [-0.05, 0) is 52.8 Å². The quantitative estimate of drug-likeness (QED) is 0.881. The van der Waals surface area contributed by atoms with Crippen LogP contribution in [0.5, 0.6) is 11.5 Å². The van der Waals surface area contributed by atoms with Crippen molar-refractivity contribution < 1.29 is 19.0 Å². The average Bonchev–Trinajstić information content (AvgIpc) is 2.52. The lowest BCUT2D eigenvalue weighted by Crippen LogP contribution is -2.28. The van der Waals surface area contributed by atoms with Crippen molar-refractivity contribution in [2.45, 2.75) is 45.8 Å². The predicted octanol–water partition coefficient (Wildman–Crippen LogP) is 4.43. The molecule has 0 saturated carbocycles. The van der Waals surface area contributed by atoms with Crippen LogP contribution in [0.3, 0.4) is 0 Å². The van der Waals surface area contributed by atoms with E-state index in [1.807, 2.05) is 45.9 Å². The van der Waals surface area contributed by atoms with Crippen LogP contribution >= 0.6 is 0 Å². The van der Waals surface area contributed by atoms with Gasteiger partial charge in [-0.25, -0.2) is 0 Å². The number of methoxy groups -OCH3 is 1. The van der Waals surface area contributed by atoms with E-state index in [9.17, 15) is 9.90 Å². The number of phenols is 1. The molecule has 2 heterocycles. The van der Waals surface area contributed by atoms with Gasteiger partial charge in [0, 0.05) is 13.2 Å². The fourth-order valence-electron chi connectivity index (χ4n) is 2.86. The van der Waals surface area contributed by atoms with Crippen LogP contribution < -0.4 is 10.2 Å². The second kappa shape index (κ2) is 6.02. The van der Waals surface area contributed by atoms with Crippen LogP contribution in [0.25, 0.3) is 23.1 Å². The first kappa shape index (κ1) is 18.3. The summed E-state index contributed by atoms with van der Waals surface area (Å²) in [7, 11) is 1.63. The fourth-order valence-corrected chi connectivity index (χ4v) is 2.86. The largest absolute Gasteiger partial charge is 0.506 e. The third-order valence-corrected chi connectivity index (χ3v) is 4.49. The minimum atomic E-state index is -0.545. The SMILES string of the molecule is COC(C)(C)C=Cc1c2c(c(O)c3c(=O)cc(C)oc13)C=CC(C)(C)O2. The summed E-state index contributed by atoms with van der Waals surface area (Å²) < 4.78 is 17.4. The van der Waals surface area contributed by atoms with Gasteiger partial charge in [0.1, 0.15) is 28.2 Å². The van der Waals surface area contributed by atoms with Gasteiger partial charge >= 0.3 is 0 Å². The zero-order valence-corrected chi connectivity index (χ0v) is 16.0. The highest BCUT2D eigenvalue weighted by Gasteiger charge is 2.29. The molecular weight excluding hydrogens is 332 g/mol. The van der Waals surface area contributed by atoms with Crippen LogP contribution in [0.4, 0.5) is 0 Å². The zero-order valence-electron chi connectivity index (χ0n) is 16.0. The van der Waals surface area contributed by atoms with E-state index in [0.29, 0.717) is 28.2 Å². The van der Waals surface area contributed by atoms with Gasteiger partial charge in [-0.15, -0.1) is 0 Å². The molecule has 0 spiro atoms. The Labute approximate surface area is 152 Å². The summed E-state index contributed by atoms with van der Waals surface area (Å²) in [5.74, 6) is 0.825. The third-order valence-electron chi connectivity index (χ3n) is 4.49. The van der Waals surface area contributed by atoms with Crippen molar-refractivity contribution in [3.8, 4) is 11.5 Å². The van der Waals surface area contributed by atoms with Crippen LogP contribution in [-0.4, -0.2) is 23.4 Å². The molecule has 0 unspecified atom stereocenters. The van der Waals surface area contributed by atoms with Gasteiger partial charge in [-0.3, -0.25) is 4.79 Å². The zero-order chi connectivity index (χ0) is 19.3. The monoisotopic (exact) mass is 356 g/mol. The molecule has 26 heavy (non-hydrogen) atoms. The highest BCUT2D eigenvalue weighted by Crippen LogP contribution is 2.45. The van der Waals surface area contributed by atoms with Crippen LogP contribution in [0.2, 0.25) is 0 Å². The lowest BCUT2D eigenvalue weighted by atomic mass is 9.95. The van der Waals surface area contributed by atoms with E-state index in [1.54, 1.807) is 20.1 Å². The van der Waals surface area contributed by atoms with Gasteiger partial charge in [0.2, 0.25) is 0 Å². The van der Waals surface area contributed by atoms with Gasteiger partial charge in [0.25, 0.3) is 0 Å². The molecule has 1 aromatic carbocycles. The fraction of sp³-hybridized carbons (Fsp3) is 0.381. The number of rotatable bonds is 3. The highest BCUT2D eigenvalue weighted by molar-refractivity contribution is 5.97. The Balaban J connectivity index is 2.42. The van der Waals surface area contributed by atoms with Gasteiger partial charge in [0.15, 0.2) is 11.0 Å². The van der Waals surface area contributed by atoms with Crippen molar-refractivity contribution in [2.75, 3.05) is 7.11 Å². The number of fused-ring (bicyclic) bond motifs is 2. The van der Waals surface area contributed by atoms with Crippen LogP contribution in [-0.2, 0) is 4.74 Å². The molecular formula is C21H24O5. The third kappa shape index (κ3) is 3.15. The van der Waals surface area contributed by atoms with Crippen molar-refractivity contribution in [1.29, 1.82) is 0 Å². The minimum absolute atomic E-state index is 0.126. The maximum Gasteiger partial charge on any atom is 0.196 e. The summed E-state index contributed by atoms with van der Waals surface area (Å²) in [5, 5.41) is 10.8. The number of benzene rings is 1. The topological polar surface area (TPSA) is 68.9 Å². The van der Waals surface area contributed by atoms with Gasteiger partial charge in [-0.2, -0.15) is 0 Å². The van der Waals surface area contributed by atoms with Crippen molar-refractivity contribution >= 4 is 23.1 Å². The van der Waals surface area contributed by atoms with E-state index in [0.717, 1.165) is 0 Å². The number of hydrogen-bond donors (Lipinski definition) is 1. The molecule has 5 nitrogen and oxygen atoms in total. The molecule has 1 N–H and O–H groups in total. The van der Waals surface area contributed by atoms with E-state index in [1.165, 1.54) is 6.07 Å². The maximum absolute atomic E-state index is 12.5. The maximum atomic E-state index is 12.5. The Morgan fingerprint density at radius 1 is 1.31 bits per heavy atom. The molecule has 1 aromatic heterocycles. The first-order chi connectivity index (χ1) is 12.0. The summed E-state index contributed by atoms with van der Waals surface area (Å²) in [5.41, 5.74) is 0.0418. The average molecular weight is 356 g/mol. The van der Waals surface area contributed by atoms with Crippen molar-refractivity contribution in [3.63, 3.8) is 0 Å². The molecule has 1 aliphatic heterocycles. The predicted molar refractivity (Wildman–Crippen MR) is 103 cm³/mol. The minimum Gasteiger partial charge on any atom is -0.506 e. The molecule has 0 atom stereocenters. The summed E-state index contributed by atoms with van der Waals surface area (Å²) in [6, 6.07) is 1.37.